The Morgan fingerprint density at radius 3 is 1.36 bits per heavy atom. The maximum atomic E-state index is 11.3. The molecule has 0 amide bonds. The van der Waals surface area contributed by atoms with Crippen LogP contribution in [0.5, 0.6) is 0 Å². The number of hydrogen-bond acceptors (Lipinski definition) is 4. The average Bonchev–Trinajstić information content (AvgIpc) is 2.52. The molecule has 0 aliphatic rings. The zero-order chi connectivity index (χ0) is 16.2. The third-order valence-corrected chi connectivity index (χ3v) is 2.40. The van der Waals surface area contributed by atoms with Crippen molar-refractivity contribution in [3.63, 3.8) is 0 Å². The molecule has 0 aliphatic heterocycles. The fraction of sp³-hybridized carbons (Fsp3) is 0.125. The van der Waals surface area contributed by atoms with Gasteiger partial charge in [0.05, 0.1) is 0 Å². The van der Waals surface area contributed by atoms with Crippen LogP contribution in [-0.2, 0) is 22.7 Å². The van der Waals surface area contributed by atoms with Crippen LogP contribution in [0.4, 0.5) is 9.59 Å². The first kappa shape index (κ1) is 17.0. The molecule has 22 heavy (non-hydrogen) atoms. The smallest absolute Gasteiger partial charge is 0.450 e. The molecule has 0 spiro atoms. The number of carbonyl (C=O) groups is 2. The molecule has 0 fully saturated rings. The first-order valence-electron chi connectivity index (χ1n) is 6.37. The fourth-order valence-electron chi connectivity index (χ4n) is 1.47. The van der Waals surface area contributed by atoms with Gasteiger partial charge in [0, 0.05) is 0 Å². The van der Waals surface area contributed by atoms with Crippen molar-refractivity contribution in [1.29, 1.82) is 0 Å². The Hall–Kier alpha value is -3.02. The SMILES string of the molecule is O=C(O)O.O=C(OCc1ccccc1)OCc1ccccc1. The Balaban J connectivity index is 0.000000541. The maximum absolute atomic E-state index is 11.3. The molecule has 0 atom stereocenters. The van der Waals surface area contributed by atoms with Gasteiger partial charge in [-0.25, -0.2) is 9.59 Å². The van der Waals surface area contributed by atoms with Crippen LogP contribution in [0, 0.1) is 0 Å². The highest BCUT2D eigenvalue weighted by atomic mass is 16.7. The van der Waals surface area contributed by atoms with Gasteiger partial charge < -0.3 is 19.7 Å². The van der Waals surface area contributed by atoms with Crippen LogP contribution in [0.3, 0.4) is 0 Å². The van der Waals surface area contributed by atoms with Crippen LogP contribution < -0.4 is 0 Å². The number of hydrogen-bond donors (Lipinski definition) is 2. The largest absolute Gasteiger partial charge is 0.508 e. The van der Waals surface area contributed by atoms with Gasteiger partial charge in [0.2, 0.25) is 0 Å². The molecule has 0 aliphatic carbocycles. The van der Waals surface area contributed by atoms with Crippen LogP contribution in [0.25, 0.3) is 0 Å². The Labute approximate surface area is 127 Å². The topological polar surface area (TPSA) is 93.1 Å². The van der Waals surface area contributed by atoms with Crippen LogP contribution in [-0.4, -0.2) is 22.5 Å². The first-order chi connectivity index (χ1) is 10.6. The molecule has 2 aromatic carbocycles. The first-order valence-corrected chi connectivity index (χ1v) is 6.37. The molecule has 0 radical (unpaired) electrons. The monoisotopic (exact) mass is 304 g/mol. The van der Waals surface area contributed by atoms with Crippen LogP contribution in [0.1, 0.15) is 11.1 Å². The van der Waals surface area contributed by atoms with Crippen molar-refractivity contribution < 1.29 is 29.3 Å². The lowest BCUT2D eigenvalue weighted by Gasteiger charge is -2.06. The molecule has 0 aromatic heterocycles. The Morgan fingerprint density at radius 2 is 1.05 bits per heavy atom. The minimum atomic E-state index is -1.83. The van der Waals surface area contributed by atoms with Crippen molar-refractivity contribution in [3.8, 4) is 0 Å². The zero-order valence-corrected chi connectivity index (χ0v) is 11.7. The fourth-order valence-corrected chi connectivity index (χ4v) is 1.47. The van der Waals surface area contributed by atoms with Gasteiger partial charge in [0.1, 0.15) is 13.2 Å². The second-order valence-electron chi connectivity index (χ2n) is 4.08. The summed E-state index contributed by atoms with van der Waals surface area (Å²) < 4.78 is 9.98. The van der Waals surface area contributed by atoms with Crippen molar-refractivity contribution in [3.05, 3.63) is 71.8 Å². The van der Waals surface area contributed by atoms with E-state index in [1.165, 1.54) is 0 Å². The standard InChI is InChI=1S/C15H14O3.CH2O3/c16-15(17-11-13-7-3-1-4-8-13)18-12-14-9-5-2-6-10-14;2-1(3)4/h1-10H,11-12H2;(H2,2,3,4). The summed E-state index contributed by atoms with van der Waals surface area (Å²) in [6, 6.07) is 19.0. The van der Waals surface area contributed by atoms with Crippen LogP contribution in [0.15, 0.2) is 60.7 Å². The van der Waals surface area contributed by atoms with E-state index in [9.17, 15) is 4.79 Å². The lowest BCUT2D eigenvalue weighted by atomic mass is 10.2. The average molecular weight is 304 g/mol. The Bertz CT molecular complexity index is 518. The molecule has 2 N–H and O–H groups in total. The Morgan fingerprint density at radius 1 is 0.727 bits per heavy atom. The summed E-state index contributed by atoms with van der Waals surface area (Å²) >= 11 is 0. The van der Waals surface area contributed by atoms with E-state index >= 15 is 0 Å². The molecule has 0 bridgehead atoms. The predicted molar refractivity (Wildman–Crippen MR) is 78.5 cm³/mol. The highest BCUT2D eigenvalue weighted by Gasteiger charge is 2.04. The van der Waals surface area contributed by atoms with E-state index in [2.05, 4.69) is 0 Å². The van der Waals surface area contributed by atoms with Crippen molar-refractivity contribution in [2.45, 2.75) is 13.2 Å². The van der Waals surface area contributed by atoms with Crippen LogP contribution >= 0.6 is 0 Å². The molecule has 2 rings (SSSR count). The minimum absolute atomic E-state index is 0.231. The second kappa shape index (κ2) is 9.82. The van der Waals surface area contributed by atoms with Crippen LogP contribution in [0.2, 0.25) is 0 Å². The van der Waals surface area contributed by atoms with Gasteiger partial charge in [-0.3, -0.25) is 0 Å². The molecule has 6 nitrogen and oxygen atoms in total. The summed E-state index contributed by atoms with van der Waals surface area (Å²) in [5.41, 5.74) is 1.88. The van der Waals surface area contributed by atoms with E-state index in [0.29, 0.717) is 0 Å². The minimum Gasteiger partial charge on any atom is -0.450 e. The molecule has 116 valence electrons. The number of ether oxygens (including phenoxy) is 2. The summed E-state index contributed by atoms with van der Waals surface area (Å²) in [6.07, 6.45) is -2.48. The van der Waals surface area contributed by atoms with Gasteiger partial charge in [-0.1, -0.05) is 60.7 Å². The highest BCUT2D eigenvalue weighted by molar-refractivity contribution is 5.59. The number of carbonyl (C=O) groups excluding carboxylic acids is 1. The molecular weight excluding hydrogens is 288 g/mol. The molecule has 0 saturated heterocycles. The van der Waals surface area contributed by atoms with Gasteiger partial charge >= 0.3 is 12.3 Å². The van der Waals surface area contributed by atoms with E-state index in [1.54, 1.807) is 0 Å². The molecule has 0 unspecified atom stereocenters. The van der Waals surface area contributed by atoms with Crippen molar-refractivity contribution in [2.75, 3.05) is 0 Å². The van der Waals surface area contributed by atoms with E-state index < -0.39 is 12.3 Å². The zero-order valence-electron chi connectivity index (χ0n) is 11.7. The molecule has 6 heteroatoms. The van der Waals surface area contributed by atoms with Gasteiger partial charge in [-0.2, -0.15) is 0 Å². The van der Waals surface area contributed by atoms with Gasteiger partial charge in [-0.15, -0.1) is 0 Å². The molecule has 0 heterocycles. The second-order valence-corrected chi connectivity index (χ2v) is 4.08. The summed E-state index contributed by atoms with van der Waals surface area (Å²) in [5, 5.41) is 13.9. The van der Waals surface area contributed by atoms with Gasteiger partial charge in [0.25, 0.3) is 0 Å². The summed E-state index contributed by atoms with van der Waals surface area (Å²) in [5.74, 6) is 0. The molecular formula is C16H16O6. The van der Waals surface area contributed by atoms with Crippen molar-refractivity contribution in [2.24, 2.45) is 0 Å². The van der Waals surface area contributed by atoms with E-state index in [4.69, 9.17) is 24.5 Å². The van der Waals surface area contributed by atoms with Gasteiger partial charge in [-0.05, 0) is 11.1 Å². The third kappa shape index (κ3) is 8.21. The number of rotatable bonds is 4. The number of carboxylic acid groups (broad SMARTS) is 2. The quantitative estimate of drug-likeness (QED) is 0.835. The third-order valence-electron chi connectivity index (χ3n) is 2.40. The Kier molecular flexibility index (Phi) is 7.60. The normalized spacial score (nSPS) is 9.09. The van der Waals surface area contributed by atoms with E-state index in [0.717, 1.165) is 11.1 Å². The van der Waals surface area contributed by atoms with E-state index in [-0.39, 0.29) is 13.2 Å². The lowest BCUT2D eigenvalue weighted by Crippen LogP contribution is -2.07. The van der Waals surface area contributed by atoms with Gasteiger partial charge in [0.15, 0.2) is 0 Å². The summed E-state index contributed by atoms with van der Waals surface area (Å²) in [6.45, 7) is 0.461. The highest BCUT2D eigenvalue weighted by Crippen LogP contribution is 2.04. The van der Waals surface area contributed by atoms with Crippen molar-refractivity contribution in [1.82, 2.24) is 0 Å². The van der Waals surface area contributed by atoms with E-state index in [1.807, 2.05) is 60.7 Å². The summed E-state index contributed by atoms with van der Waals surface area (Å²) in [4.78, 5) is 19.9. The lowest BCUT2D eigenvalue weighted by molar-refractivity contribution is 0.0446. The molecule has 2 aromatic rings. The predicted octanol–water partition coefficient (Wildman–Crippen LogP) is 3.76. The maximum Gasteiger partial charge on any atom is 0.508 e. The molecule has 0 saturated carbocycles. The van der Waals surface area contributed by atoms with Crippen molar-refractivity contribution >= 4 is 12.3 Å². The number of benzene rings is 2. The summed E-state index contributed by atoms with van der Waals surface area (Å²) in [7, 11) is 0.